The predicted molar refractivity (Wildman–Crippen MR) is 268 cm³/mol. The van der Waals surface area contributed by atoms with E-state index in [2.05, 4.69) is 38.0 Å². The molecule has 0 radical (unpaired) electrons. The van der Waals surface area contributed by atoms with Gasteiger partial charge in [-0.2, -0.15) is 8.42 Å². The number of carbonyl (C=O) groups excluding carboxylic acids is 6. The highest BCUT2D eigenvalue weighted by Gasteiger charge is 2.39. The van der Waals surface area contributed by atoms with E-state index in [4.69, 9.17) is 20.0 Å². The number of hydrogen-bond acceptors (Lipinski definition) is 12. The highest BCUT2D eigenvalue weighted by atomic mass is 32.2. The third-order valence-corrected chi connectivity index (χ3v) is 14.6. The van der Waals surface area contributed by atoms with E-state index in [-0.39, 0.29) is 86.3 Å². The molecule has 0 bridgehead atoms. The van der Waals surface area contributed by atoms with Gasteiger partial charge >= 0.3 is 16.3 Å². The SMILES string of the molecule is CC1CC(=O)N(CCCCCC(=O)N[C@@H](C(=O)C[C@H](CCCNC(N)=O)C(=O)Nc2ccc(C[n+]3cnc(N[C@H]4CCc5ccccc54)c4ccn([C@@H]5C[C@@H](COS(N)(=O)=O)[C@@H](O)C5)c43)cc2)C(C)C)C1=O. The smallest absolute Gasteiger partial charge is 0.333 e. The van der Waals surface area contributed by atoms with Gasteiger partial charge in [0.2, 0.25) is 41.4 Å². The molecule has 4 aromatic rings. The average molecular weight is 1010 g/mol. The van der Waals surface area contributed by atoms with Crippen LogP contribution in [-0.4, -0.2) is 95.3 Å². The molecule has 3 aliphatic rings. The number of Topliss-reactive ketones (excluding diaryl/α,β-unsaturated/α-hetero) is 1. The zero-order valence-electron chi connectivity index (χ0n) is 41.3. The number of fused-ring (bicyclic) bond motifs is 2. The highest BCUT2D eigenvalue weighted by Crippen LogP contribution is 2.39. The first-order chi connectivity index (χ1) is 34.3. The van der Waals surface area contributed by atoms with Crippen LogP contribution in [-0.2, 0) is 51.4 Å². The molecule has 1 saturated heterocycles. The van der Waals surface area contributed by atoms with E-state index in [1.807, 2.05) is 54.9 Å². The summed E-state index contributed by atoms with van der Waals surface area (Å²) in [5.41, 5.74) is 10.0. The summed E-state index contributed by atoms with van der Waals surface area (Å²) < 4.78 is 32.2. The summed E-state index contributed by atoms with van der Waals surface area (Å²) in [6.07, 6.45) is 8.17. The van der Waals surface area contributed by atoms with E-state index in [9.17, 15) is 42.3 Å². The van der Waals surface area contributed by atoms with E-state index < -0.39 is 46.2 Å². The molecule has 6 amide bonds. The third kappa shape index (κ3) is 13.8. The largest absolute Gasteiger partial charge is 0.393 e. The summed E-state index contributed by atoms with van der Waals surface area (Å²) in [7, 11) is -4.18. The lowest BCUT2D eigenvalue weighted by molar-refractivity contribution is -0.668. The van der Waals surface area contributed by atoms with Gasteiger partial charge in [0.15, 0.2) is 5.78 Å². The van der Waals surface area contributed by atoms with Crippen LogP contribution < -0.4 is 36.7 Å². The average Bonchev–Trinajstić information content (AvgIpc) is 4.11. The summed E-state index contributed by atoms with van der Waals surface area (Å²) >= 11 is 0. The summed E-state index contributed by atoms with van der Waals surface area (Å²) in [6, 6.07) is 16.0. The van der Waals surface area contributed by atoms with Crippen LogP contribution in [0, 0.1) is 23.7 Å². The van der Waals surface area contributed by atoms with Gasteiger partial charge in [-0.15, -0.1) is 0 Å². The van der Waals surface area contributed by atoms with Gasteiger partial charge in [-0.3, -0.25) is 37.6 Å². The number of carbonyl (C=O) groups is 6. The molecule has 3 heterocycles. The second-order valence-electron chi connectivity index (χ2n) is 19.9. The molecule has 2 aliphatic carbocycles. The van der Waals surface area contributed by atoms with Gasteiger partial charge in [-0.05, 0) is 85.8 Å². The number of anilines is 2. The van der Waals surface area contributed by atoms with Crippen molar-refractivity contribution < 1.29 is 51.0 Å². The van der Waals surface area contributed by atoms with Crippen molar-refractivity contribution in [3.05, 3.63) is 83.8 Å². The maximum Gasteiger partial charge on any atom is 0.333 e. The fraction of sp³-hybridized carbons (Fsp3) is 0.529. The van der Waals surface area contributed by atoms with Crippen molar-refractivity contribution in [2.24, 2.45) is 34.5 Å². The molecule has 388 valence electrons. The van der Waals surface area contributed by atoms with Gasteiger partial charge in [-0.25, -0.2) is 14.5 Å². The van der Waals surface area contributed by atoms with E-state index in [1.165, 1.54) is 16.0 Å². The number of likely N-dealkylation sites (tertiary alicyclic amines) is 1. The van der Waals surface area contributed by atoms with Crippen molar-refractivity contribution in [1.29, 1.82) is 0 Å². The number of benzene rings is 2. The second kappa shape index (κ2) is 24.0. The van der Waals surface area contributed by atoms with Gasteiger partial charge in [0, 0.05) is 62.2 Å². The topological polar surface area (TPSA) is 291 Å². The lowest BCUT2D eigenvalue weighted by atomic mass is 9.89. The number of hydrogen-bond donors (Lipinski definition) is 7. The molecule has 20 nitrogen and oxygen atoms in total. The Kier molecular flexibility index (Phi) is 17.8. The summed E-state index contributed by atoms with van der Waals surface area (Å²) in [4.78, 5) is 82.9. The molecule has 1 aliphatic heterocycles. The van der Waals surface area contributed by atoms with Crippen LogP contribution in [0.2, 0.25) is 0 Å². The molecule has 9 N–H and O–H groups in total. The number of rotatable bonds is 25. The maximum atomic E-state index is 14.0. The number of aliphatic hydroxyl groups is 1. The number of aliphatic hydroxyl groups excluding tert-OH is 1. The standard InChI is InChI=1S/C51H68N10O10S/c1-31(2)46(58-44(64)13-5-4-8-22-61-45(65)24-32(3)50(61)67)43(63)26-35(11-9-21-54-51(52)68)48(66)56-37-17-14-33(15-18-37)28-59-30-55-47(57-41-19-16-34-10-6-7-12-39(34)41)40-20-23-60(49(40)59)38-25-36(42(62)27-38)29-71-72(53,69)70/h6-7,10,12,14-15,17-18,20,23,30-32,35-36,38,41-42,46,62H,4-5,8-9,11,13,16,19,21-22,24-29H2,1-3H3,(H7,52,53,54,56,58,64,66,68,69,70)/p+1/t32?,35-,36-,38+,41-,42-,46+/m0/s1. The molecule has 21 heteroatoms. The van der Waals surface area contributed by atoms with Crippen molar-refractivity contribution in [3.63, 3.8) is 0 Å². The zero-order chi connectivity index (χ0) is 51.7. The first-order valence-corrected chi connectivity index (χ1v) is 26.5. The lowest BCUT2D eigenvalue weighted by Gasteiger charge is -2.24. The van der Waals surface area contributed by atoms with Crippen LogP contribution in [0.15, 0.2) is 67.1 Å². The number of imide groups is 1. The normalized spacial score (nSPS) is 20.7. The van der Waals surface area contributed by atoms with Crippen molar-refractivity contribution >= 4 is 68.3 Å². The molecule has 1 unspecified atom stereocenters. The number of nitrogens with two attached hydrogens (primary N) is 2. The monoisotopic (exact) mass is 1010 g/mol. The van der Waals surface area contributed by atoms with Gasteiger partial charge in [0.1, 0.15) is 5.39 Å². The minimum absolute atomic E-state index is 0.0695. The first-order valence-electron chi connectivity index (χ1n) is 25.0. The summed E-state index contributed by atoms with van der Waals surface area (Å²) in [5.74, 6) is -2.45. The van der Waals surface area contributed by atoms with Gasteiger partial charge < -0.3 is 32.1 Å². The van der Waals surface area contributed by atoms with Crippen LogP contribution in [0.1, 0.15) is 120 Å². The van der Waals surface area contributed by atoms with Crippen molar-refractivity contribution in [1.82, 2.24) is 25.1 Å². The molecule has 72 heavy (non-hydrogen) atoms. The molecule has 2 aromatic carbocycles. The number of nitrogens with zero attached hydrogens (tertiary/aromatic N) is 4. The second-order valence-corrected chi connectivity index (χ2v) is 21.1. The number of urea groups is 1. The number of amides is 6. The summed E-state index contributed by atoms with van der Waals surface area (Å²) in [5, 5.41) is 29.0. The maximum absolute atomic E-state index is 14.0. The van der Waals surface area contributed by atoms with Gasteiger partial charge in [0.25, 0.3) is 0 Å². The Labute approximate surface area is 420 Å². The van der Waals surface area contributed by atoms with E-state index in [0.29, 0.717) is 63.1 Å². The number of ketones is 1. The first kappa shape index (κ1) is 53.5. The Morgan fingerprint density at radius 3 is 2.47 bits per heavy atom. The Balaban J connectivity index is 1.02. The third-order valence-electron chi connectivity index (χ3n) is 14.2. The van der Waals surface area contributed by atoms with E-state index in [1.54, 1.807) is 25.4 Å². The fourth-order valence-corrected chi connectivity index (χ4v) is 10.7. The molecule has 2 fully saturated rings. The Morgan fingerprint density at radius 1 is 1.00 bits per heavy atom. The number of nitrogens with one attached hydrogen (secondary N) is 4. The number of primary amides is 1. The minimum Gasteiger partial charge on any atom is -0.393 e. The zero-order valence-corrected chi connectivity index (χ0v) is 42.1. The number of aromatic nitrogens is 3. The van der Waals surface area contributed by atoms with Crippen LogP contribution in [0.5, 0.6) is 0 Å². The predicted octanol–water partition coefficient (Wildman–Crippen LogP) is 4.06. The summed E-state index contributed by atoms with van der Waals surface area (Å²) in [6.45, 7) is 6.06. The molecule has 1 saturated carbocycles. The lowest BCUT2D eigenvalue weighted by Crippen LogP contribution is -2.45. The van der Waals surface area contributed by atoms with Crippen LogP contribution in [0.25, 0.3) is 11.0 Å². The highest BCUT2D eigenvalue weighted by molar-refractivity contribution is 7.84. The molecule has 7 rings (SSSR count). The minimum atomic E-state index is -4.18. The quantitative estimate of drug-likeness (QED) is 0.0281. The molecule has 0 spiro atoms. The van der Waals surface area contributed by atoms with E-state index in [0.717, 1.165) is 29.4 Å². The van der Waals surface area contributed by atoms with Crippen molar-refractivity contribution in [2.45, 2.75) is 129 Å². The van der Waals surface area contributed by atoms with E-state index >= 15 is 0 Å². The van der Waals surface area contributed by atoms with Crippen LogP contribution in [0.4, 0.5) is 16.3 Å². The Hall–Kier alpha value is -6.29. The molecule has 7 atom stereocenters. The van der Waals surface area contributed by atoms with Gasteiger partial charge in [0.05, 0.1) is 43.6 Å². The molecular formula is C51H69N10O10S+. The Bertz CT molecular complexity index is 2730. The molecule has 2 aromatic heterocycles. The van der Waals surface area contributed by atoms with Crippen molar-refractivity contribution in [3.8, 4) is 0 Å². The fourth-order valence-electron chi connectivity index (χ4n) is 10.3. The number of aryl methyl sites for hydroxylation is 1. The van der Waals surface area contributed by atoms with Crippen LogP contribution >= 0.6 is 0 Å². The van der Waals surface area contributed by atoms with Crippen LogP contribution in [0.3, 0.4) is 0 Å². The van der Waals surface area contributed by atoms with Gasteiger partial charge in [-0.1, -0.05) is 68.6 Å². The van der Waals surface area contributed by atoms with Crippen molar-refractivity contribution in [2.75, 3.05) is 30.3 Å². The number of unbranched alkanes of at least 4 members (excludes halogenated alkanes) is 2. The Morgan fingerprint density at radius 2 is 1.76 bits per heavy atom. The molecular weight excluding hydrogens is 945 g/mol.